The molecule has 4 rings (SSSR count). The van der Waals surface area contributed by atoms with Gasteiger partial charge in [0.25, 0.3) is 0 Å². The van der Waals surface area contributed by atoms with Crippen molar-refractivity contribution in [3.8, 4) is 11.1 Å². The van der Waals surface area contributed by atoms with Crippen molar-refractivity contribution in [2.24, 2.45) is 0 Å². The van der Waals surface area contributed by atoms with Crippen LogP contribution in [-0.4, -0.2) is 24.1 Å². The summed E-state index contributed by atoms with van der Waals surface area (Å²) in [5, 5.41) is 0.0783. The van der Waals surface area contributed by atoms with Gasteiger partial charge in [-0.2, -0.15) is 13.2 Å². The molecule has 0 atom stereocenters. The van der Waals surface area contributed by atoms with E-state index in [0.717, 1.165) is 11.6 Å². The Morgan fingerprint density at radius 3 is 2.33 bits per heavy atom. The van der Waals surface area contributed by atoms with E-state index in [4.69, 9.17) is 23.2 Å². The Labute approximate surface area is 198 Å². The Bertz CT molecular complexity index is 1450. The van der Waals surface area contributed by atoms with Gasteiger partial charge < -0.3 is 4.98 Å². The number of H-pyrrole nitrogens is 1. The van der Waals surface area contributed by atoms with E-state index in [-0.39, 0.29) is 31.8 Å². The summed E-state index contributed by atoms with van der Waals surface area (Å²) in [7, 11) is -3.30. The fraction of sp³-hybridized carbons (Fsp3) is 0.174. The van der Waals surface area contributed by atoms with Crippen LogP contribution in [0.5, 0.6) is 0 Å². The molecule has 1 heterocycles. The summed E-state index contributed by atoms with van der Waals surface area (Å²) in [6, 6.07) is 13.0. The fourth-order valence-electron chi connectivity index (χ4n) is 3.59. The molecule has 4 aromatic rings. The number of benzene rings is 3. The van der Waals surface area contributed by atoms with Gasteiger partial charge in [-0.1, -0.05) is 60.5 Å². The molecule has 10 heteroatoms. The molecule has 0 radical (unpaired) electrons. The summed E-state index contributed by atoms with van der Waals surface area (Å²) in [4.78, 5) is 7.79. The van der Waals surface area contributed by atoms with Crippen LogP contribution in [0.3, 0.4) is 0 Å². The molecule has 0 aliphatic heterocycles. The van der Waals surface area contributed by atoms with Gasteiger partial charge in [0, 0.05) is 12.0 Å². The monoisotopic (exact) mass is 512 g/mol. The molecule has 0 fully saturated rings. The lowest BCUT2D eigenvalue weighted by atomic mass is 9.98. The third-order valence-corrected chi connectivity index (χ3v) is 7.67. The molecule has 0 bridgehead atoms. The molecule has 172 valence electrons. The number of nitrogens with one attached hydrogen (secondary N) is 1. The van der Waals surface area contributed by atoms with E-state index in [9.17, 15) is 21.6 Å². The first-order valence-electron chi connectivity index (χ1n) is 9.86. The maximum atomic E-state index is 13.5. The van der Waals surface area contributed by atoms with Crippen molar-refractivity contribution >= 4 is 44.1 Å². The molecule has 4 nitrogen and oxygen atoms in total. The van der Waals surface area contributed by atoms with Crippen molar-refractivity contribution < 1.29 is 21.6 Å². The first kappa shape index (κ1) is 23.6. The first-order chi connectivity index (χ1) is 15.5. The van der Waals surface area contributed by atoms with Crippen LogP contribution in [0.25, 0.3) is 22.2 Å². The van der Waals surface area contributed by atoms with Crippen LogP contribution < -0.4 is 0 Å². The number of aromatic amines is 1. The van der Waals surface area contributed by atoms with E-state index in [0.29, 0.717) is 23.3 Å². The van der Waals surface area contributed by atoms with Gasteiger partial charge in [-0.05, 0) is 35.4 Å². The van der Waals surface area contributed by atoms with E-state index >= 15 is 0 Å². The number of sulfone groups is 1. The minimum atomic E-state index is -4.58. The van der Waals surface area contributed by atoms with Crippen LogP contribution in [0.2, 0.25) is 10.0 Å². The second-order valence-electron chi connectivity index (χ2n) is 7.39. The average molecular weight is 513 g/mol. The molecule has 3 aromatic carbocycles. The zero-order valence-corrected chi connectivity index (χ0v) is 19.5. The number of halogens is 5. The Morgan fingerprint density at radius 2 is 1.70 bits per heavy atom. The van der Waals surface area contributed by atoms with Crippen LogP contribution in [0.15, 0.2) is 59.5 Å². The van der Waals surface area contributed by atoms with Gasteiger partial charge in [0.1, 0.15) is 11.3 Å². The summed E-state index contributed by atoms with van der Waals surface area (Å²) < 4.78 is 64.6. The molecule has 0 aliphatic carbocycles. The van der Waals surface area contributed by atoms with Gasteiger partial charge in [-0.25, -0.2) is 13.4 Å². The fourth-order valence-corrected chi connectivity index (χ4v) is 5.17. The molecular formula is C23H17Cl2F3N2O2S. The van der Waals surface area contributed by atoms with Crippen molar-refractivity contribution in [2.75, 3.05) is 5.75 Å². The predicted molar refractivity (Wildman–Crippen MR) is 124 cm³/mol. The van der Waals surface area contributed by atoms with Crippen molar-refractivity contribution in [1.29, 1.82) is 0 Å². The van der Waals surface area contributed by atoms with E-state index in [1.807, 2.05) is 0 Å². The second-order valence-corrected chi connectivity index (χ2v) is 10.5. The predicted octanol–water partition coefficient (Wildman–Crippen LogP) is 6.94. The number of nitrogens with zero attached hydrogens (tertiary/aromatic N) is 1. The van der Waals surface area contributed by atoms with Crippen molar-refractivity contribution in [1.82, 2.24) is 9.97 Å². The Hall–Kier alpha value is -2.55. The number of fused-ring (bicyclic) bond motifs is 1. The first-order valence-corrected chi connectivity index (χ1v) is 12.3. The minimum absolute atomic E-state index is 0.00891. The van der Waals surface area contributed by atoms with E-state index in [1.165, 1.54) is 36.4 Å². The van der Waals surface area contributed by atoms with Crippen LogP contribution in [0.4, 0.5) is 13.2 Å². The Kier molecular flexibility index (Phi) is 6.20. The average Bonchev–Trinajstić information content (AvgIpc) is 3.16. The molecule has 0 amide bonds. The summed E-state index contributed by atoms with van der Waals surface area (Å²) in [5.41, 5.74) is 0.678. The summed E-state index contributed by atoms with van der Waals surface area (Å²) in [5.74, 6) is 0.518. The molecule has 0 saturated carbocycles. The number of aromatic nitrogens is 2. The highest BCUT2D eigenvalue weighted by Gasteiger charge is 2.34. The van der Waals surface area contributed by atoms with Crippen LogP contribution in [0.1, 0.15) is 23.9 Å². The zero-order chi connectivity index (χ0) is 24.0. The topological polar surface area (TPSA) is 62.8 Å². The molecule has 1 N–H and O–H groups in total. The molecule has 33 heavy (non-hydrogen) atoms. The van der Waals surface area contributed by atoms with Crippen LogP contribution >= 0.6 is 23.2 Å². The molecule has 0 saturated heterocycles. The zero-order valence-electron chi connectivity index (χ0n) is 17.2. The lowest BCUT2D eigenvalue weighted by molar-refractivity contribution is -0.137. The summed E-state index contributed by atoms with van der Waals surface area (Å²) in [6.45, 7) is 1.58. The SMILES string of the molecule is CCS(=O)(=O)c1ccc(Cc2nc3c(Cl)c(-c4ccccc4C(F)(F)F)c(Cl)cc3[nH]2)cc1. The smallest absolute Gasteiger partial charge is 0.342 e. The molecule has 0 unspecified atom stereocenters. The normalized spacial score (nSPS) is 12.4. The van der Waals surface area contributed by atoms with Gasteiger partial charge >= 0.3 is 6.18 Å². The lowest BCUT2D eigenvalue weighted by Crippen LogP contribution is -2.07. The highest BCUT2D eigenvalue weighted by Crippen LogP contribution is 2.44. The molecular weight excluding hydrogens is 496 g/mol. The van der Waals surface area contributed by atoms with Crippen LogP contribution in [0, 0.1) is 0 Å². The molecule has 0 spiro atoms. The maximum absolute atomic E-state index is 13.5. The van der Waals surface area contributed by atoms with E-state index in [1.54, 1.807) is 19.1 Å². The minimum Gasteiger partial charge on any atom is -0.342 e. The number of imidazole rings is 1. The molecule has 1 aromatic heterocycles. The lowest BCUT2D eigenvalue weighted by Gasteiger charge is -2.15. The van der Waals surface area contributed by atoms with Gasteiger partial charge in [0.15, 0.2) is 9.84 Å². The molecule has 0 aliphatic rings. The Morgan fingerprint density at radius 1 is 1.03 bits per heavy atom. The third-order valence-electron chi connectivity index (χ3n) is 5.25. The number of hydrogen-bond acceptors (Lipinski definition) is 3. The maximum Gasteiger partial charge on any atom is 0.417 e. The quantitative estimate of drug-likeness (QED) is 0.315. The number of alkyl halides is 3. The number of hydrogen-bond donors (Lipinski definition) is 1. The standard InChI is InChI=1S/C23H17Cl2F3N2O2S/c1-2-33(31,32)14-9-7-13(8-10-14)11-19-29-18-12-17(24)20(21(25)22(18)30-19)15-5-3-4-6-16(15)23(26,27)28/h3-10,12H,2,11H2,1H3,(H,29,30). The van der Waals surface area contributed by atoms with Crippen molar-refractivity contribution in [2.45, 2.75) is 24.4 Å². The summed E-state index contributed by atoms with van der Waals surface area (Å²) in [6.07, 6.45) is -4.24. The van der Waals surface area contributed by atoms with Crippen LogP contribution in [-0.2, 0) is 22.4 Å². The van der Waals surface area contributed by atoms with Crippen molar-refractivity contribution in [3.63, 3.8) is 0 Å². The largest absolute Gasteiger partial charge is 0.417 e. The second kappa shape index (κ2) is 8.66. The summed E-state index contributed by atoms with van der Waals surface area (Å²) >= 11 is 12.9. The van der Waals surface area contributed by atoms with Crippen molar-refractivity contribution in [3.05, 3.63) is 81.6 Å². The number of rotatable bonds is 5. The highest BCUT2D eigenvalue weighted by molar-refractivity contribution is 7.91. The van der Waals surface area contributed by atoms with E-state index < -0.39 is 21.6 Å². The van der Waals surface area contributed by atoms with E-state index in [2.05, 4.69) is 9.97 Å². The van der Waals surface area contributed by atoms with Gasteiger partial charge in [-0.3, -0.25) is 0 Å². The third kappa shape index (κ3) is 4.60. The van der Waals surface area contributed by atoms with Gasteiger partial charge in [-0.15, -0.1) is 0 Å². The van der Waals surface area contributed by atoms with Gasteiger partial charge in [0.2, 0.25) is 0 Å². The highest BCUT2D eigenvalue weighted by atomic mass is 35.5. The van der Waals surface area contributed by atoms with Gasteiger partial charge in [0.05, 0.1) is 31.8 Å². The Balaban J connectivity index is 1.74.